The predicted octanol–water partition coefficient (Wildman–Crippen LogP) is 4.13. The number of aromatic amines is 1. The van der Waals surface area contributed by atoms with E-state index in [0.717, 1.165) is 22.6 Å². The van der Waals surface area contributed by atoms with Gasteiger partial charge < -0.3 is 14.5 Å². The maximum absolute atomic E-state index is 11.8. The average Bonchev–Trinajstić information content (AvgIpc) is 2.71. The van der Waals surface area contributed by atoms with Gasteiger partial charge in [0.15, 0.2) is 0 Å². The van der Waals surface area contributed by atoms with Crippen LogP contribution < -0.4 is 15.2 Å². The molecule has 0 saturated heterocycles. The quantitative estimate of drug-likeness (QED) is 0.718. The zero-order valence-corrected chi connectivity index (χ0v) is 15.2. The lowest BCUT2D eigenvalue weighted by Crippen LogP contribution is -2.12. The number of H-pyrrole nitrogens is 1. The van der Waals surface area contributed by atoms with Crippen molar-refractivity contribution in [2.45, 2.75) is 0 Å². The number of hydrogen-bond acceptors (Lipinski definition) is 4. The van der Waals surface area contributed by atoms with Gasteiger partial charge in [-0.3, -0.25) is 0 Å². The minimum atomic E-state index is -0.388. The van der Waals surface area contributed by atoms with E-state index < -0.39 is 0 Å². The second-order valence-corrected chi connectivity index (χ2v) is 5.78. The molecule has 1 N–H and O–H groups in total. The lowest BCUT2D eigenvalue weighted by molar-refractivity contribution is 0.414. The topological polar surface area (TPSA) is 64.2 Å². The number of hydrogen-bond donors (Lipinski definition) is 1. The second-order valence-electron chi connectivity index (χ2n) is 5.78. The third kappa shape index (κ3) is 5.19. The maximum Gasteiger partial charge on any atom is 0.345 e. The average molecular weight is 360 g/mol. The summed E-state index contributed by atoms with van der Waals surface area (Å²) in [4.78, 5) is 18.5. The molecule has 0 aliphatic rings. The van der Waals surface area contributed by atoms with E-state index in [1.807, 2.05) is 78.9 Å². The van der Waals surface area contributed by atoms with Crippen molar-refractivity contribution in [3.8, 4) is 11.5 Å². The summed E-state index contributed by atoms with van der Waals surface area (Å²) in [7, 11) is 3.26. The van der Waals surface area contributed by atoms with Gasteiger partial charge in [0, 0.05) is 5.69 Å². The van der Waals surface area contributed by atoms with E-state index >= 15 is 0 Å². The van der Waals surface area contributed by atoms with E-state index in [1.54, 1.807) is 14.2 Å². The molecule has 0 spiro atoms. The van der Waals surface area contributed by atoms with Crippen LogP contribution in [0.1, 0.15) is 22.5 Å². The Bertz CT molecular complexity index is 922. The summed E-state index contributed by atoms with van der Waals surface area (Å²) >= 11 is 0. The zero-order valence-electron chi connectivity index (χ0n) is 15.2. The summed E-state index contributed by atoms with van der Waals surface area (Å²) in [6.45, 7) is 0. The largest absolute Gasteiger partial charge is 0.497 e. The molecule has 136 valence electrons. The first-order valence-corrected chi connectivity index (χ1v) is 8.42. The fourth-order valence-corrected chi connectivity index (χ4v) is 2.47. The van der Waals surface area contributed by atoms with Crippen LogP contribution in [-0.4, -0.2) is 24.2 Å². The van der Waals surface area contributed by atoms with Crippen molar-refractivity contribution in [3.63, 3.8) is 0 Å². The van der Waals surface area contributed by atoms with Crippen LogP contribution in [0.4, 0.5) is 0 Å². The van der Waals surface area contributed by atoms with Gasteiger partial charge in [-0.2, -0.15) is 4.98 Å². The highest BCUT2D eigenvalue weighted by Crippen LogP contribution is 2.15. The highest BCUT2D eigenvalue weighted by molar-refractivity contribution is 5.72. The second kappa shape index (κ2) is 8.67. The molecule has 27 heavy (non-hydrogen) atoms. The monoisotopic (exact) mass is 360 g/mol. The van der Waals surface area contributed by atoms with Gasteiger partial charge in [0.05, 0.1) is 19.9 Å². The van der Waals surface area contributed by atoms with Crippen molar-refractivity contribution in [1.29, 1.82) is 0 Å². The highest BCUT2D eigenvalue weighted by Gasteiger charge is 1.97. The lowest BCUT2D eigenvalue weighted by atomic mass is 10.1. The molecule has 1 aromatic heterocycles. The van der Waals surface area contributed by atoms with Gasteiger partial charge in [-0.25, -0.2) is 4.79 Å². The van der Waals surface area contributed by atoms with Crippen molar-refractivity contribution < 1.29 is 9.47 Å². The molecule has 0 unspecified atom stereocenters. The highest BCUT2D eigenvalue weighted by atomic mass is 16.5. The minimum absolute atomic E-state index is 0.388. The molecule has 0 bridgehead atoms. The first-order valence-electron chi connectivity index (χ1n) is 8.42. The number of rotatable bonds is 6. The number of nitrogens with zero attached hydrogens (tertiary/aromatic N) is 1. The summed E-state index contributed by atoms with van der Waals surface area (Å²) in [6, 6.07) is 17.1. The molecule has 1 heterocycles. The predicted molar refractivity (Wildman–Crippen MR) is 109 cm³/mol. The van der Waals surface area contributed by atoms with E-state index in [-0.39, 0.29) is 5.69 Å². The summed E-state index contributed by atoms with van der Waals surface area (Å²) in [6.07, 6.45) is 7.47. The number of methoxy groups -OCH3 is 2. The Balaban J connectivity index is 1.77. The molecular weight excluding hydrogens is 340 g/mol. The van der Waals surface area contributed by atoms with Crippen LogP contribution in [0.5, 0.6) is 11.5 Å². The van der Waals surface area contributed by atoms with E-state index in [2.05, 4.69) is 9.97 Å². The van der Waals surface area contributed by atoms with Gasteiger partial charge in [-0.1, -0.05) is 36.4 Å². The molecule has 0 amide bonds. The molecule has 0 radical (unpaired) electrons. The van der Waals surface area contributed by atoms with Crippen LogP contribution in [0.25, 0.3) is 24.3 Å². The molecule has 3 aromatic rings. The SMILES string of the molecule is COc1ccc(/C=C/c2cc(/C=C/c3ccc(OC)cc3)[nH]c(=O)n2)cc1. The summed E-state index contributed by atoms with van der Waals surface area (Å²) in [5.74, 6) is 1.60. The number of aromatic nitrogens is 2. The molecule has 5 heteroatoms. The molecule has 0 atom stereocenters. The van der Waals surface area contributed by atoms with Crippen LogP contribution in [-0.2, 0) is 0 Å². The summed E-state index contributed by atoms with van der Waals surface area (Å²) in [5.41, 5.74) is 2.88. The zero-order chi connectivity index (χ0) is 19.1. The fourth-order valence-electron chi connectivity index (χ4n) is 2.47. The lowest BCUT2D eigenvalue weighted by Gasteiger charge is -2.00. The standard InChI is InChI=1S/C22H20N2O3/c1-26-20-11-5-16(6-12-20)3-9-18-15-19(24-22(25)23-18)10-4-17-7-13-21(27-2)14-8-17/h3-15H,1-2H3,(H,23,24,25)/b9-3+,10-4+. The van der Waals surface area contributed by atoms with E-state index in [4.69, 9.17) is 9.47 Å². The normalized spacial score (nSPS) is 11.2. The van der Waals surface area contributed by atoms with Crippen molar-refractivity contribution in [2.75, 3.05) is 14.2 Å². The molecule has 0 saturated carbocycles. The third-order valence-electron chi connectivity index (χ3n) is 3.92. The fraction of sp³-hybridized carbons (Fsp3) is 0.0909. The van der Waals surface area contributed by atoms with Gasteiger partial charge in [0.1, 0.15) is 11.5 Å². The van der Waals surface area contributed by atoms with Crippen molar-refractivity contribution in [3.05, 3.63) is 87.6 Å². The van der Waals surface area contributed by atoms with Gasteiger partial charge in [-0.05, 0) is 53.6 Å². The van der Waals surface area contributed by atoms with Crippen LogP contribution in [0, 0.1) is 0 Å². The number of ether oxygens (including phenoxy) is 2. The van der Waals surface area contributed by atoms with Crippen LogP contribution >= 0.6 is 0 Å². The minimum Gasteiger partial charge on any atom is -0.497 e. The summed E-state index contributed by atoms with van der Waals surface area (Å²) in [5, 5.41) is 0. The first kappa shape index (κ1) is 18.2. The van der Waals surface area contributed by atoms with Crippen LogP contribution in [0.2, 0.25) is 0 Å². The smallest absolute Gasteiger partial charge is 0.345 e. The molecule has 2 aromatic carbocycles. The summed E-state index contributed by atoms with van der Waals surface area (Å²) < 4.78 is 10.3. The molecule has 0 aliphatic carbocycles. The van der Waals surface area contributed by atoms with Crippen molar-refractivity contribution >= 4 is 24.3 Å². The Hall–Kier alpha value is -3.60. The van der Waals surface area contributed by atoms with E-state index in [1.165, 1.54) is 0 Å². The Morgan fingerprint density at radius 1 is 0.778 bits per heavy atom. The Morgan fingerprint density at radius 3 is 1.81 bits per heavy atom. The van der Waals surface area contributed by atoms with E-state index in [9.17, 15) is 4.79 Å². The Labute approximate surface area is 157 Å². The van der Waals surface area contributed by atoms with Gasteiger partial charge in [0.25, 0.3) is 0 Å². The Kier molecular flexibility index (Phi) is 5.84. The Morgan fingerprint density at radius 2 is 1.30 bits per heavy atom. The van der Waals surface area contributed by atoms with Crippen molar-refractivity contribution in [2.24, 2.45) is 0 Å². The molecule has 0 aliphatic heterocycles. The maximum atomic E-state index is 11.8. The van der Waals surface area contributed by atoms with Gasteiger partial charge >= 0.3 is 5.69 Å². The third-order valence-corrected chi connectivity index (χ3v) is 3.92. The van der Waals surface area contributed by atoms with Crippen LogP contribution in [0.3, 0.4) is 0 Å². The van der Waals surface area contributed by atoms with Crippen LogP contribution in [0.15, 0.2) is 59.4 Å². The first-order chi connectivity index (χ1) is 13.2. The van der Waals surface area contributed by atoms with Gasteiger partial charge in [0.2, 0.25) is 0 Å². The van der Waals surface area contributed by atoms with Crippen molar-refractivity contribution in [1.82, 2.24) is 9.97 Å². The molecular formula is C22H20N2O3. The van der Waals surface area contributed by atoms with Gasteiger partial charge in [-0.15, -0.1) is 0 Å². The molecule has 5 nitrogen and oxygen atoms in total. The molecule has 3 rings (SSSR count). The number of nitrogens with one attached hydrogen (secondary N) is 1. The number of benzene rings is 2. The van der Waals surface area contributed by atoms with E-state index in [0.29, 0.717) is 11.4 Å². The molecule has 0 fully saturated rings.